The molecule has 0 atom stereocenters. The molecule has 0 nitrogen and oxygen atoms in total. The van der Waals surface area contributed by atoms with Crippen molar-refractivity contribution in [3.05, 3.63) is 0 Å². The molecule has 0 spiro atoms. The van der Waals surface area contributed by atoms with Gasteiger partial charge >= 0.3 is 11.8 Å². The third-order valence-electron chi connectivity index (χ3n) is 1.70. The van der Waals surface area contributed by atoms with Gasteiger partial charge in [0.25, 0.3) is 5.92 Å². The van der Waals surface area contributed by atoms with Crippen LogP contribution >= 0.6 is 0 Å². The average molecular weight is 226 g/mol. The fraction of sp³-hybridized carbons (Fsp3) is 1.00. The summed E-state index contributed by atoms with van der Waals surface area (Å²) in [5, 5.41) is 0. The van der Waals surface area contributed by atoms with Crippen LogP contribution in [0.3, 0.4) is 0 Å². The van der Waals surface area contributed by atoms with Crippen LogP contribution in [0.5, 0.6) is 0 Å². The summed E-state index contributed by atoms with van der Waals surface area (Å²) in [6, 6.07) is 0. The summed E-state index contributed by atoms with van der Waals surface area (Å²) in [7, 11) is 0. The second-order valence-corrected chi connectivity index (χ2v) is 2.93. The Balaban J connectivity index is 4.64. The molecule has 0 aromatic carbocycles. The van der Waals surface area contributed by atoms with Crippen molar-refractivity contribution in [2.45, 2.75) is 37.5 Å². The first kappa shape index (κ1) is 13.5. The SMILES string of the molecule is CCC(F)(F)CC(F)(F)C(F)(F)CF. The van der Waals surface area contributed by atoms with Crippen LogP contribution < -0.4 is 0 Å². The average Bonchev–Trinajstić information content (AvgIpc) is 2.02. The highest BCUT2D eigenvalue weighted by molar-refractivity contribution is 4.88. The summed E-state index contributed by atoms with van der Waals surface area (Å²) in [6.07, 6.45) is -3.33. The Morgan fingerprint density at radius 1 is 0.857 bits per heavy atom. The highest BCUT2D eigenvalue weighted by Gasteiger charge is 2.60. The molecule has 0 aliphatic rings. The van der Waals surface area contributed by atoms with Crippen molar-refractivity contribution in [3.8, 4) is 0 Å². The van der Waals surface area contributed by atoms with Gasteiger partial charge in [-0.1, -0.05) is 6.92 Å². The summed E-state index contributed by atoms with van der Waals surface area (Å²) < 4.78 is 85.3. The van der Waals surface area contributed by atoms with Gasteiger partial charge in [-0.05, 0) is 0 Å². The van der Waals surface area contributed by atoms with Gasteiger partial charge in [-0.2, -0.15) is 17.6 Å². The Labute approximate surface area is 76.1 Å². The molecule has 14 heavy (non-hydrogen) atoms. The molecule has 86 valence electrons. The van der Waals surface area contributed by atoms with E-state index in [1.807, 2.05) is 0 Å². The van der Waals surface area contributed by atoms with E-state index in [0.29, 0.717) is 0 Å². The zero-order valence-corrected chi connectivity index (χ0v) is 7.27. The highest BCUT2D eigenvalue weighted by Crippen LogP contribution is 2.42. The van der Waals surface area contributed by atoms with Gasteiger partial charge in [0.05, 0.1) is 6.42 Å². The van der Waals surface area contributed by atoms with E-state index < -0.39 is 37.3 Å². The molecule has 0 aliphatic carbocycles. The van der Waals surface area contributed by atoms with E-state index in [9.17, 15) is 30.7 Å². The molecule has 0 amide bonds. The quantitative estimate of drug-likeness (QED) is 0.627. The zero-order chi connectivity index (χ0) is 11.6. The van der Waals surface area contributed by atoms with Crippen LogP contribution in [0.25, 0.3) is 0 Å². The Morgan fingerprint density at radius 2 is 1.29 bits per heavy atom. The van der Waals surface area contributed by atoms with Crippen molar-refractivity contribution in [1.82, 2.24) is 0 Å². The van der Waals surface area contributed by atoms with E-state index in [0.717, 1.165) is 6.92 Å². The summed E-state index contributed by atoms with van der Waals surface area (Å²) in [6.45, 7) is -1.77. The summed E-state index contributed by atoms with van der Waals surface area (Å²) in [4.78, 5) is 0. The first-order chi connectivity index (χ1) is 6.08. The summed E-state index contributed by atoms with van der Waals surface area (Å²) in [5.74, 6) is -14.0. The largest absolute Gasteiger partial charge is 0.338 e. The number of hydrogen-bond acceptors (Lipinski definition) is 0. The van der Waals surface area contributed by atoms with Gasteiger partial charge in [-0.25, -0.2) is 13.2 Å². The van der Waals surface area contributed by atoms with E-state index in [1.165, 1.54) is 0 Å². The van der Waals surface area contributed by atoms with Crippen LogP contribution in [0.15, 0.2) is 0 Å². The van der Waals surface area contributed by atoms with Gasteiger partial charge < -0.3 is 0 Å². The molecule has 0 radical (unpaired) electrons. The Kier molecular flexibility index (Phi) is 3.80. The van der Waals surface area contributed by atoms with Crippen LogP contribution in [0, 0.1) is 0 Å². The molecule has 0 aromatic rings. The normalized spacial score (nSPS) is 14.6. The van der Waals surface area contributed by atoms with Crippen molar-refractivity contribution < 1.29 is 30.7 Å². The van der Waals surface area contributed by atoms with Crippen LogP contribution in [-0.4, -0.2) is 24.4 Å². The number of hydrogen-bond donors (Lipinski definition) is 0. The molecule has 0 unspecified atom stereocenters. The number of halogens is 7. The molecule has 0 saturated carbocycles. The fourth-order valence-electron chi connectivity index (χ4n) is 0.677. The van der Waals surface area contributed by atoms with E-state index in [1.54, 1.807) is 0 Å². The van der Waals surface area contributed by atoms with E-state index in [4.69, 9.17) is 0 Å². The van der Waals surface area contributed by atoms with Gasteiger partial charge in [-0.3, -0.25) is 0 Å². The maximum Gasteiger partial charge on any atom is 0.338 e. The minimum absolute atomic E-state index is 0.879. The molecule has 0 fully saturated rings. The molecule has 0 aromatic heterocycles. The summed E-state index contributed by atoms with van der Waals surface area (Å²) in [5.41, 5.74) is 0. The van der Waals surface area contributed by atoms with E-state index >= 15 is 0 Å². The molecule has 0 heterocycles. The van der Waals surface area contributed by atoms with E-state index in [2.05, 4.69) is 0 Å². The van der Waals surface area contributed by atoms with Crippen molar-refractivity contribution in [3.63, 3.8) is 0 Å². The molecule has 0 saturated heterocycles. The zero-order valence-electron chi connectivity index (χ0n) is 7.27. The lowest BCUT2D eigenvalue weighted by molar-refractivity contribution is -0.244. The first-order valence-corrected chi connectivity index (χ1v) is 3.77. The number of rotatable bonds is 5. The van der Waals surface area contributed by atoms with Crippen LogP contribution in [-0.2, 0) is 0 Å². The van der Waals surface area contributed by atoms with Gasteiger partial charge in [0.1, 0.15) is 0 Å². The second kappa shape index (κ2) is 3.94. The molecule has 0 N–H and O–H groups in total. The lowest BCUT2D eigenvalue weighted by Crippen LogP contribution is -2.46. The predicted molar refractivity (Wildman–Crippen MR) is 35.7 cm³/mol. The summed E-state index contributed by atoms with van der Waals surface area (Å²) >= 11 is 0. The lowest BCUT2D eigenvalue weighted by atomic mass is 10.0. The van der Waals surface area contributed by atoms with Crippen LogP contribution in [0.4, 0.5) is 30.7 Å². The smallest absolute Gasteiger partial charge is 0.244 e. The van der Waals surface area contributed by atoms with Crippen LogP contribution in [0.2, 0.25) is 0 Å². The van der Waals surface area contributed by atoms with Gasteiger partial charge in [0, 0.05) is 6.42 Å². The monoisotopic (exact) mass is 226 g/mol. The maximum absolute atomic E-state index is 12.4. The molecular weight excluding hydrogens is 217 g/mol. The predicted octanol–water partition coefficient (Wildman–Crippen LogP) is 3.66. The van der Waals surface area contributed by atoms with Gasteiger partial charge in [0.15, 0.2) is 6.67 Å². The van der Waals surface area contributed by atoms with Crippen molar-refractivity contribution in [2.75, 3.05) is 6.67 Å². The highest BCUT2D eigenvalue weighted by atomic mass is 19.3. The van der Waals surface area contributed by atoms with Crippen molar-refractivity contribution in [1.29, 1.82) is 0 Å². The Bertz CT molecular complexity index is 186. The fourth-order valence-corrected chi connectivity index (χ4v) is 0.677. The molecule has 0 rings (SSSR count). The number of alkyl halides is 7. The Hall–Kier alpha value is -0.490. The molecular formula is C7H9F7. The minimum atomic E-state index is -5.04. The Morgan fingerprint density at radius 3 is 1.57 bits per heavy atom. The minimum Gasteiger partial charge on any atom is -0.244 e. The van der Waals surface area contributed by atoms with Gasteiger partial charge in [-0.15, -0.1) is 0 Å². The lowest BCUT2D eigenvalue weighted by Gasteiger charge is -2.27. The second-order valence-electron chi connectivity index (χ2n) is 2.93. The van der Waals surface area contributed by atoms with E-state index in [-0.39, 0.29) is 0 Å². The third kappa shape index (κ3) is 3.02. The maximum atomic E-state index is 12.4. The van der Waals surface area contributed by atoms with Crippen molar-refractivity contribution in [2.24, 2.45) is 0 Å². The van der Waals surface area contributed by atoms with Crippen LogP contribution in [0.1, 0.15) is 19.8 Å². The molecule has 0 bridgehead atoms. The molecule has 7 heteroatoms. The standard InChI is InChI=1S/C7H9F7/c1-2-5(9,10)3-6(11,12)7(13,14)4-8/h2-4H2,1H3. The molecule has 0 aliphatic heterocycles. The van der Waals surface area contributed by atoms with Crippen molar-refractivity contribution >= 4 is 0 Å². The topological polar surface area (TPSA) is 0 Å². The first-order valence-electron chi connectivity index (χ1n) is 3.77. The third-order valence-corrected chi connectivity index (χ3v) is 1.70. The van der Waals surface area contributed by atoms with Gasteiger partial charge in [0.2, 0.25) is 0 Å².